The van der Waals surface area contributed by atoms with Crippen LogP contribution < -0.4 is 10.6 Å². The van der Waals surface area contributed by atoms with Gasteiger partial charge in [0, 0.05) is 43.1 Å². The molecule has 170 valence electrons. The van der Waals surface area contributed by atoms with E-state index in [1.165, 1.54) is 58.0 Å². The van der Waals surface area contributed by atoms with Crippen molar-refractivity contribution < 1.29 is 4.74 Å². The maximum atomic E-state index is 5.62. The average Bonchev–Trinajstić information content (AvgIpc) is 2.74. The fraction of sp³-hybridized carbons (Fsp3) is 0.955. The largest absolute Gasteiger partial charge is 0.381 e. The van der Waals surface area contributed by atoms with Crippen LogP contribution in [0.3, 0.4) is 0 Å². The minimum absolute atomic E-state index is 0. The van der Waals surface area contributed by atoms with Crippen molar-refractivity contribution in [1.29, 1.82) is 0 Å². The fourth-order valence-corrected chi connectivity index (χ4v) is 6.26. The van der Waals surface area contributed by atoms with Gasteiger partial charge in [0.1, 0.15) is 0 Å². The molecule has 0 radical (unpaired) electrons. The van der Waals surface area contributed by atoms with Gasteiger partial charge < -0.3 is 15.4 Å². The standard InChI is InChI=1S/C22H42N4OS.HI/c1-3-23-21(24-18-22(28-4-2)12-15-27-16-13-22)25-19-9-8-14-26(17-19)20-10-6-5-7-11-20;/h19-20H,3-18H2,1-2H3,(H2,23,24,25);1H. The van der Waals surface area contributed by atoms with E-state index in [0.29, 0.717) is 6.04 Å². The first-order valence-corrected chi connectivity index (χ1v) is 12.7. The maximum Gasteiger partial charge on any atom is 0.191 e. The molecule has 29 heavy (non-hydrogen) atoms. The van der Waals surface area contributed by atoms with Crippen LogP contribution in [0.25, 0.3) is 0 Å². The first kappa shape index (κ1) is 25.5. The molecule has 1 atom stereocenters. The number of nitrogens with one attached hydrogen (secondary N) is 2. The zero-order valence-electron chi connectivity index (χ0n) is 18.6. The number of halogens is 1. The van der Waals surface area contributed by atoms with E-state index in [9.17, 15) is 0 Å². The van der Waals surface area contributed by atoms with Crippen LogP contribution in [0.5, 0.6) is 0 Å². The Hall–Kier alpha value is 0.270. The Bertz CT molecular complexity index is 476. The number of hydrogen-bond donors (Lipinski definition) is 2. The van der Waals surface area contributed by atoms with Gasteiger partial charge in [-0.25, -0.2) is 0 Å². The molecule has 0 bridgehead atoms. The summed E-state index contributed by atoms with van der Waals surface area (Å²) >= 11 is 2.07. The Kier molecular flexibility index (Phi) is 12.0. The van der Waals surface area contributed by atoms with Gasteiger partial charge in [-0.1, -0.05) is 26.2 Å². The number of hydrogen-bond acceptors (Lipinski definition) is 4. The first-order valence-electron chi connectivity index (χ1n) is 11.8. The van der Waals surface area contributed by atoms with Crippen LogP contribution in [0, 0.1) is 0 Å². The van der Waals surface area contributed by atoms with E-state index in [1.54, 1.807) is 0 Å². The minimum Gasteiger partial charge on any atom is -0.381 e. The second-order valence-corrected chi connectivity index (χ2v) is 10.4. The molecule has 0 aromatic heterocycles. The Morgan fingerprint density at radius 1 is 1.10 bits per heavy atom. The first-order chi connectivity index (χ1) is 13.7. The van der Waals surface area contributed by atoms with Gasteiger partial charge in [0.05, 0.1) is 6.54 Å². The zero-order valence-corrected chi connectivity index (χ0v) is 21.7. The molecule has 2 N–H and O–H groups in total. The van der Waals surface area contributed by atoms with Gasteiger partial charge in [-0.3, -0.25) is 9.89 Å². The molecule has 2 aliphatic heterocycles. The molecule has 2 heterocycles. The molecule has 0 aromatic carbocycles. The third kappa shape index (κ3) is 8.04. The number of rotatable bonds is 7. The van der Waals surface area contributed by atoms with Crippen LogP contribution in [0.15, 0.2) is 4.99 Å². The average molecular weight is 539 g/mol. The summed E-state index contributed by atoms with van der Waals surface area (Å²) in [5.41, 5.74) is 0. The molecule has 0 spiro atoms. The summed E-state index contributed by atoms with van der Waals surface area (Å²) in [6.45, 7) is 10.5. The van der Waals surface area contributed by atoms with Crippen molar-refractivity contribution in [3.05, 3.63) is 0 Å². The number of aliphatic imine (C=N–C) groups is 1. The molecule has 3 aliphatic rings. The van der Waals surface area contributed by atoms with Gasteiger partial charge in [0.15, 0.2) is 5.96 Å². The highest BCUT2D eigenvalue weighted by Crippen LogP contribution is 2.35. The molecule has 1 saturated carbocycles. The normalized spacial score (nSPS) is 26.6. The molecule has 1 aliphatic carbocycles. The third-order valence-electron chi connectivity index (χ3n) is 6.61. The molecular weight excluding hydrogens is 495 g/mol. The van der Waals surface area contributed by atoms with Gasteiger partial charge in [0.25, 0.3) is 0 Å². The number of guanidine groups is 1. The van der Waals surface area contributed by atoms with Crippen molar-refractivity contribution in [2.24, 2.45) is 4.99 Å². The minimum atomic E-state index is 0. The number of likely N-dealkylation sites (tertiary alicyclic amines) is 1. The lowest BCUT2D eigenvalue weighted by Crippen LogP contribution is -2.54. The van der Waals surface area contributed by atoms with E-state index in [2.05, 4.69) is 41.1 Å². The number of ether oxygens (including phenoxy) is 1. The lowest BCUT2D eigenvalue weighted by molar-refractivity contribution is 0.0793. The van der Waals surface area contributed by atoms with Crippen LogP contribution in [0.2, 0.25) is 0 Å². The Balaban J connectivity index is 0.00000300. The SMILES string of the molecule is CCNC(=NCC1(SCC)CCOCC1)NC1CCCN(C2CCCCC2)C1.I. The van der Waals surface area contributed by atoms with Gasteiger partial charge in [-0.15, -0.1) is 24.0 Å². The topological polar surface area (TPSA) is 48.9 Å². The summed E-state index contributed by atoms with van der Waals surface area (Å²) in [5, 5.41) is 7.28. The van der Waals surface area contributed by atoms with Crippen molar-refractivity contribution >= 4 is 41.7 Å². The van der Waals surface area contributed by atoms with Crippen molar-refractivity contribution in [3.63, 3.8) is 0 Å². The summed E-state index contributed by atoms with van der Waals surface area (Å²) in [5.74, 6) is 2.17. The summed E-state index contributed by atoms with van der Waals surface area (Å²) in [7, 11) is 0. The van der Waals surface area contributed by atoms with Crippen molar-refractivity contribution in [3.8, 4) is 0 Å². The van der Waals surface area contributed by atoms with E-state index in [0.717, 1.165) is 56.9 Å². The van der Waals surface area contributed by atoms with Crippen LogP contribution >= 0.6 is 35.7 Å². The monoisotopic (exact) mass is 538 g/mol. The molecule has 1 unspecified atom stereocenters. The molecule has 3 fully saturated rings. The highest BCUT2D eigenvalue weighted by Gasteiger charge is 2.33. The number of piperidine rings is 1. The molecular formula is C22H43IN4OS. The zero-order chi connectivity index (χ0) is 19.7. The van der Waals surface area contributed by atoms with Crippen LogP contribution in [0.4, 0.5) is 0 Å². The van der Waals surface area contributed by atoms with E-state index in [-0.39, 0.29) is 28.7 Å². The fourth-order valence-electron chi connectivity index (χ4n) is 5.04. The van der Waals surface area contributed by atoms with E-state index < -0.39 is 0 Å². The predicted molar refractivity (Wildman–Crippen MR) is 137 cm³/mol. The van der Waals surface area contributed by atoms with Gasteiger partial charge >= 0.3 is 0 Å². The second kappa shape index (κ2) is 13.6. The highest BCUT2D eigenvalue weighted by molar-refractivity contribution is 14.0. The van der Waals surface area contributed by atoms with E-state index in [1.807, 2.05) is 0 Å². The summed E-state index contributed by atoms with van der Waals surface area (Å²) in [6.07, 6.45) is 11.9. The van der Waals surface area contributed by atoms with Gasteiger partial charge in [-0.05, 0) is 57.7 Å². The highest BCUT2D eigenvalue weighted by atomic mass is 127. The molecule has 0 aromatic rings. The van der Waals surface area contributed by atoms with Crippen molar-refractivity contribution in [1.82, 2.24) is 15.5 Å². The Morgan fingerprint density at radius 2 is 1.86 bits per heavy atom. The summed E-state index contributed by atoms with van der Waals surface area (Å²) in [6, 6.07) is 1.35. The van der Waals surface area contributed by atoms with Crippen molar-refractivity contribution in [2.45, 2.75) is 88.5 Å². The number of thioether (sulfide) groups is 1. The van der Waals surface area contributed by atoms with Gasteiger partial charge in [-0.2, -0.15) is 11.8 Å². The van der Waals surface area contributed by atoms with E-state index in [4.69, 9.17) is 9.73 Å². The van der Waals surface area contributed by atoms with Gasteiger partial charge in [0.2, 0.25) is 0 Å². The maximum absolute atomic E-state index is 5.62. The lowest BCUT2D eigenvalue weighted by atomic mass is 9.92. The van der Waals surface area contributed by atoms with Crippen LogP contribution in [-0.4, -0.2) is 72.8 Å². The van der Waals surface area contributed by atoms with Crippen molar-refractivity contribution in [2.75, 3.05) is 45.1 Å². The number of nitrogens with zero attached hydrogens (tertiary/aromatic N) is 2. The summed E-state index contributed by atoms with van der Waals surface area (Å²) < 4.78 is 5.88. The molecule has 7 heteroatoms. The molecule has 5 nitrogen and oxygen atoms in total. The third-order valence-corrected chi connectivity index (χ3v) is 8.05. The predicted octanol–water partition coefficient (Wildman–Crippen LogP) is 4.26. The molecule has 3 rings (SSSR count). The Labute approximate surface area is 200 Å². The lowest BCUT2D eigenvalue weighted by Gasteiger charge is -2.40. The smallest absolute Gasteiger partial charge is 0.191 e. The quantitative estimate of drug-likeness (QED) is 0.288. The molecule has 0 amide bonds. The van der Waals surface area contributed by atoms with Crippen LogP contribution in [0.1, 0.15) is 71.6 Å². The van der Waals surface area contributed by atoms with E-state index >= 15 is 0 Å². The Morgan fingerprint density at radius 3 is 2.55 bits per heavy atom. The summed E-state index contributed by atoms with van der Waals surface area (Å²) in [4.78, 5) is 7.82. The van der Waals surface area contributed by atoms with Crippen LogP contribution in [-0.2, 0) is 4.74 Å². The molecule has 2 saturated heterocycles. The second-order valence-electron chi connectivity index (χ2n) is 8.69.